The second-order valence-corrected chi connectivity index (χ2v) is 5.47. The summed E-state index contributed by atoms with van der Waals surface area (Å²) in [4.78, 5) is 11.2. The van der Waals surface area contributed by atoms with Crippen molar-refractivity contribution >= 4 is 5.97 Å². The van der Waals surface area contributed by atoms with E-state index in [4.69, 9.17) is 0 Å². The predicted octanol–water partition coefficient (Wildman–Crippen LogP) is 3.13. The summed E-state index contributed by atoms with van der Waals surface area (Å²) >= 11 is 0. The van der Waals surface area contributed by atoms with Gasteiger partial charge in [0.2, 0.25) is 0 Å². The minimum atomic E-state index is -0.670. The number of aryl methyl sites for hydroxylation is 2. The summed E-state index contributed by atoms with van der Waals surface area (Å²) in [6, 6.07) is 6.28. The Morgan fingerprint density at radius 1 is 1.31 bits per heavy atom. The van der Waals surface area contributed by atoms with Crippen molar-refractivity contribution < 1.29 is 9.90 Å². The number of carbonyl (C=O) groups is 1. The molecule has 0 heterocycles. The highest BCUT2D eigenvalue weighted by atomic mass is 16.4. The molecule has 86 valence electrons. The van der Waals surface area contributed by atoms with E-state index in [0.29, 0.717) is 0 Å². The van der Waals surface area contributed by atoms with Gasteiger partial charge in [0.15, 0.2) is 0 Å². The third-order valence-electron chi connectivity index (χ3n) is 3.86. The first-order chi connectivity index (χ1) is 7.35. The number of hydrogen-bond donors (Lipinski definition) is 1. The molecule has 0 unspecified atom stereocenters. The summed E-state index contributed by atoms with van der Waals surface area (Å²) in [7, 11) is 0. The van der Waals surface area contributed by atoms with E-state index in [9.17, 15) is 9.90 Å². The fourth-order valence-corrected chi connectivity index (χ4v) is 2.77. The molecule has 16 heavy (non-hydrogen) atoms. The Bertz CT molecular complexity index is 446. The van der Waals surface area contributed by atoms with Gasteiger partial charge >= 0.3 is 5.97 Å². The molecule has 1 aromatic carbocycles. The molecule has 1 aliphatic rings. The second kappa shape index (κ2) is 3.34. The Balaban J connectivity index is 2.40. The summed E-state index contributed by atoms with van der Waals surface area (Å²) in [5.41, 5.74) is 3.50. The lowest BCUT2D eigenvalue weighted by Crippen LogP contribution is -2.03. The summed E-state index contributed by atoms with van der Waals surface area (Å²) < 4.78 is 0. The molecule has 1 aromatic rings. The molecule has 0 spiro atoms. The number of carboxylic acid groups (broad SMARTS) is 1. The van der Waals surface area contributed by atoms with E-state index in [1.165, 1.54) is 16.7 Å². The molecular weight excluding hydrogens is 200 g/mol. The van der Waals surface area contributed by atoms with E-state index in [-0.39, 0.29) is 17.3 Å². The van der Waals surface area contributed by atoms with Crippen LogP contribution < -0.4 is 0 Å². The molecule has 2 heteroatoms. The second-order valence-electron chi connectivity index (χ2n) is 5.47. The molecule has 0 aromatic heterocycles. The summed E-state index contributed by atoms with van der Waals surface area (Å²) in [5.74, 6) is -0.728. The summed E-state index contributed by atoms with van der Waals surface area (Å²) in [5, 5.41) is 9.18. The molecule has 2 atom stereocenters. The topological polar surface area (TPSA) is 37.3 Å². The van der Waals surface area contributed by atoms with Crippen molar-refractivity contribution in [1.82, 2.24) is 0 Å². The molecular formula is C14H18O2. The normalized spacial score (nSPS) is 26.5. The van der Waals surface area contributed by atoms with Crippen molar-refractivity contribution in [3.05, 3.63) is 34.9 Å². The Morgan fingerprint density at radius 2 is 1.94 bits per heavy atom. The van der Waals surface area contributed by atoms with Gasteiger partial charge in [-0.05, 0) is 30.4 Å². The molecule has 1 aliphatic carbocycles. The molecule has 2 nitrogen and oxygen atoms in total. The fourth-order valence-electron chi connectivity index (χ4n) is 2.77. The fraction of sp³-hybridized carbons (Fsp3) is 0.500. The van der Waals surface area contributed by atoms with Gasteiger partial charge in [0, 0.05) is 5.92 Å². The molecule has 1 fully saturated rings. The van der Waals surface area contributed by atoms with E-state index in [1.54, 1.807) is 0 Å². The van der Waals surface area contributed by atoms with Crippen LogP contribution in [0.25, 0.3) is 0 Å². The third kappa shape index (κ3) is 1.53. The van der Waals surface area contributed by atoms with Crippen LogP contribution in [0.5, 0.6) is 0 Å². The van der Waals surface area contributed by atoms with Crippen LogP contribution >= 0.6 is 0 Å². The molecule has 0 aliphatic heterocycles. The molecule has 0 saturated heterocycles. The molecule has 2 rings (SSSR count). The first kappa shape index (κ1) is 11.2. The highest BCUT2D eigenvalue weighted by Gasteiger charge is 2.62. The van der Waals surface area contributed by atoms with Crippen molar-refractivity contribution in [2.24, 2.45) is 11.3 Å². The first-order valence-electron chi connectivity index (χ1n) is 5.65. The third-order valence-corrected chi connectivity index (χ3v) is 3.86. The van der Waals surface area contributed by atoms with E-state index >= 15 is 0 Å². The minimum Gasteiger partial charge on any atom is -0.481 e. The number of carboxylic acids is 1. The Hall–Kier alpha value is -1.31. The minimum absolute atomic E-state index is 0.107. The lowest BCUT2D eigenvalue weighted by Gasteiger charge is -2.08. The van der Waals surface area contributed by atoms with Crippen LogP contribution in [0.3, 0.4) is 0 Å². The van der Waals surface area contributed by atoms with Crippen LogP contribution in [-0.4, -0.2) is 11.1 Å². The zero-order valence-corrected chi connectivity index (χ0v) is 10.2. The van der Waals surface area contributed by atoms with Gasteiger partial charge in [-0.3, -0.25) is 4.79 Å². The van der Waals surface area contributed by atoms with E-state index < -0.39 is 5.97 Å². The lowest BCUT2D eigenvalue weighted by molar-refractivity contribution is -0.139. The van der Waals surface area contributed by atoms with E-state index in [2.05, 4.69) is 25.1 Å². The Kier molecular flexibility index (Phi) is 2.33. The van der Waals surface area contributed by atoms with Crippen LogP contribution in [0.2, 0.25) is 0 Å². The average Bonchev–Trinajstić information content (AvgIpc) is 2.73. The van der Waals surface area contributed by atoms with Gasteiger partial charge in [-0.15, -0.1) is 0 Å². The van der Waals surface area contributed by atoms with Crippen molar-refractivity contribution in [2.45, 2.75) is 33.6 Å². The smallest absolute Gasteiger partial charge is 0.307 e. The lowest BCUT2D eigenvalue weighted by atomic mass is 9.97. The highest BCUT2D eigenvalue weighted by molar-refractivity contribution is 5.77. The maximum absolute atomic E-state index is 11.2. The Morgan fingerprint density at radius 3 is 2.44 bits per heavy atom. The van der Waals surface area contributed by atoms with Crippen LogP contribution in [0.4, 0.5) is 0 Å². The molecule has 1 saturated carbocycles. The SMILES string of the molecule is Cc1ccc(C)c([C@@H]2[C@@H](C(=O)O)C2(C)C)c1. The first-order valence-corrected chi connectivity index (χ1v) is 5.65. The standard InChI is InChI=1S/C14H18O2/c1-8-5-6-9(2)10(7-8)11-12(13(15)16)14(11,3)4/h5-7,11-12H,1-4H3,(H,15,16)/t11-,12+/m1/s1. The maximum atomic E-state index is 11.2. The van der Waals surface area contributed by atoms with Crippen molar-refractivity contribution in [2.75, 3.05) is 0 Å². The monoisotopic (exact) mass is 218 g/mol. The number of benzene rings is 1. The zero-order chi connectivity index (χ0) is 12.1. The van der Waals surface area contributed by atoms with Crippen LogP contribution in [0, 0.1) is 25.2 Å². The van der Waals surface area contributed by atoms with Gasteiger partial charge in [0.1, 0.15) is 0 Å². The number of rotatable bonds is 2. The number of aliphatic carboxylic acids is 1. The largest absolute Gasteiger partial charge is 0.481 e. The average molecular weight is 218 g/mol. The van der Waals surface area contributed by atoms with Gasteiger partial charge in [-0.1, -0.05) is 37.6 Å². The van der Waals surface area contributed by atoms with Crippen molar-refractivity contribution in [1.29, 1.82) is 0 Å². The quantitative estimate of drug-likeness (QED) is 0.828. The number of hydrogen-bond acceptors (Lipinski definition) is 1. The van der Waals surface area contributed by atoms with Gasteiger partial charge in [0.05, 0.1) is 5.92 Å². The van der Waals surface area contributed by atoms with Crippen molar-refractivity contribution in [3.8, 4) is 0 Å². The zero-order valence-electron chi connectivity index (χ0n) is 10.2. The van der Waals surface area contributed by atoms with Crippen LogP contribution in [0.1, 0.15) is 36.5 Å². The summed E-state index contributed by atoms with van der Waals surface area (Å²) in [6.07, 6.45) is 0. The van der Waals surface area contributed by atoms with Crippen LogP contribution in [0.15, 0.2) is 18.2 Å². The van der Waals surface area contributed by atoms with Crippen LogP contribution in [-0.2, 0) is 4.79 Å². The van der Waals surface area contributed by atoms with E-state index in [1.807, 2.05) is 20.8 Å². The summed E-state index contributed by atoms with van der Waals surface area (Å²) in [6.45, 7) is 8.19. The molecule has 0 radical (unpaired) electrons. The van der Waals surface area contributed by atoms with Gasteiger partial charge < -0.3 is 5.11 Å². The highest BCUT2D eigenvalue weighted by Crippen LogP contribution is 2.64. The van der Waals surface area contributed by atoms with Gasteiger partial charge in [0.25, 0.3) is 0 Å². The van der Waals surface area contributed by atoms with Gasteiger partial charge in [-0.2, -0.15) is 0 Å². The Labute approximate surface area is 96.3 Å². The molecule has 1 N–H and O–H groups in total. The predicted molar refractivity (Wildman–Crippen MR) is 63.6 cm³/mol. The molecule has 0 bridgehead atoms. The van der Waals surface area contributed by atoms with E-state index in [0.717, 1.165) is 0 Å². The maximum Gasteiger partial charge on any atom is 0.307 e. The molecule has 0 amide bonds. The van der Waals surface area contributed by atoms with Gasteiger partial charge in [-0.25, -0.2) is 0 Å². The van der Waals surface area contributed by atoms with Crippen molar-refractivity contribution in [3.63, 3.8) is 0 Å².